The zero-order valence-corrected chi connectivity index (χ0v) is 7.72. The monoisotopic (exact) mass is 179 g/mol. The zero-order chi connectivity index (χ0) is 9.42. The van der Waals surface area contributed by atoms with Crippen molar-refractivity contribution in [2.75, 3.05) is 0 Å². The third kappa shape index (κ3) is 1.20. The summed E-state index contributed by atoms with van der Waals surface area (Å²) >= 11 is 0. The van der Waals surface area contributed by atoms with Gasteiger partial charge in [0.15, 0.2) is 5.78 Å². The minimum absolute atomic E-state index is 0.210. The Morgan fingerprint density at radius 1 is 1.46 bits per heavy atom. The van der Waals surface area contributed by atoms with Gasteiger partial charge in [-0.25, -0.2) is 0 Å². The normalized spacial score (nSPS) is 16.0. The first-order valence-electron chi connectivity index (χ1n) is 4.58. The number of nitrogens with two attached hydrogens (primary N) is 1. The van der Waals surface area contributed by atoms with Gasteiger partial charge in [0.2, 0.25) is 0 Å². The van der Waals surface area contributed by atoms with E-state index >= 15 is 0 Å². The van der Waals surface area contributed by atoms with Crippen LogP contribution in [-0.2, 0) is 13.0 Å². The summed E-state index contributed by atoms with van der Waals surface area (Å²) in [4.78, 5) is 11.5. The standard InChI is InChI=1S/C10H13NO2/c1-6-9(5-11)13-8-4-2-3-7(12)10(6)8/h2-5,11H2,1H3. The van der Waals surface area contributed by atoms with Gasteiger partial charge in [-0.1, -0.05) is 0 Å². The van der Waals surface area contributed by atoms with Gasteiger partial charge in [-0.05, 0) is 13.3 Å². The third-order valence-electron chi connectivity index (χ3n) is 2.59. The number of rotatable bonds is 1. The zero-order valence-electron chi connectivity index (χ0n) is 7.72. The molecule has 0 bridgehead atoms. The average molecular weight is 179 g/mol. The topological polar surface area (TPSA) is 56.2 Å². The molecule has 1 aromatic heterocycles. The first-order chi connectivity index (χ1) is 6.24. The number of Topliss-reactive ketones (excluding diaryl/α,β-unsaturated/α-hetero) is 1. The lowest BCUT2D eigenvalue weighted by Gasteiger charge is -2.07. The van der Waals surface area contributed by atoms with Crippen LogP contribution in [0.2, 0.25) is 0 Å². The van der Waals surface area contributed by atoms with Crippen molar-refractivity contribution in [3.63, 3.8) is 0 Å². The van der Waals surface area contributed by atoms with Crippen LogP contribution in [0.25, 0.3) is 0 Å². The molecule has 2 N–H and O–H groups in total. The molecule has 1 aliphatic carbocycles. The van der Waals surface area contributed by atoms with E-state index in [4.69, 9.17) is 10.2 Å². The van der Waals surface area contributed by atoms with Gasteiger partial charge in [0.25, 0.3) is 0 Å². The number of ketones is 1. The van der Waals surface area contributed by atoms with E-state index in [0.717, 1.165) is 35.5 Å². The van der Waals surface area contributed by atoms with E-state index in [9.17, 15) is 4.79 Å². The molecule has 0 fully saturated rings. The second-order valence-electron chi connectivity index (χ2n) is 3.43. The van der Waals surface area contributed by atoms with Crippen LogP contribution < -0.4 is 5.73 Å². The number of carbonyl (C=O) groups is 1. The molecule has 2 rings (SSSR count). The summed E-state index contributed by atoms with van der Waals surface area (Å²) in [7, 11) is 0. The largest absolute Gasteiger partial charge is 0.464 e. The number of furan rings is 1. The average Bonchev–Trinajstić information content (AvgIpc) is 2.44. The SMILES string of the molecule is Cc1c(CN)oc2c1C(=O)CCC2. The Hall–Kier alpha value is -1.09. The van der Waals surface area contributed by atoms with Gasteiger partial charge in [0, 0.05) is 18.4 Å². The Morgan fingerprint density at radius 2 is 2.23 bits per heavy atom. The molecule has 0 spiro atoms. The Morgan fingerprint density at radius 3 is 2.85 bits per heavy atom. The molecule has 0 atom stereocenters. The summed E-state index contributed by atoms with van der Waals surface area (Å²) in [5.74, 6) is 1.82. The van der Waals surface area contributed by atoms with Crippen LogP contribution in [0.5, 0.6) is 0 Å². The van der Waals surface area contributed by atoms with Crippen molar-refractivity contribution in [2.45, 2.75) is 32.7 Å². The Balaban J connectivity index is 2.55. The summed E-state index contributed by atoms with van der Waals surface area (Å²) < 4.78 is 5.51. The molecule has 0 aliphatic heterocycles. The summed E-state index contributed by atoms with van der Waals surface area (Å²) in [5.41, 5.74) is 7.25. The highest BCUT2D eigenvalue weighted by molar-refractivity contribution is 5.99. The molecule has 0 unspecified atom stereocenters. The molecular weight excluding hydrogens is 166 g/mol. The predicted octanol–water partition coefficient (Wildman–Crippen LogP) is 1.57. The van der Waals surface area contributed by atoms with E-state index in [-0.39, 0.29) is 5.78 Å². The molecule has 13 heavy (non-hydrogen) atoms. The molecule has 0 aromatic carbocycles. The van der Waals surface area contributed by atoms with Crippen molar-refractivity contribution in [3.05, 3.63) is 22.6 Å². The lowest BCUT2D eigenvalue weighted by Crippen LogP contribution is -2.09. The predicted molar refractivity (Wildman–Crippen MR) is 48.6 cm³/mol. The van der Waals surface area contributed by atoms with E-state index in [0.29, 0.717) is 13.0 Å². The van der Waals surface area contributed by atoms with Crippen LogP contribution in [0, 0.1) is 6.92 Å². The Labute approximate surface area is 76.9 Å². The number of aryl methyl sites for hydroxylation is 1. The van der Waals surface area contributed by atoms with Crippen LogP contribution in [-0.4, -0.2) is 5.78 Å². The van der Waals surface area contributed by atoms with Crippen molar-refractivity contribution in [1.82, 2.24) is 0 Å². The second-order valence-corrected chi connectivity index (χ2v) is 3.43. The first kappa shape index (κ1) is 8.51. The molecule has 3 nitrogen and oxygen atoms in total. The lowest BCUT2D eigenvalue weighted by atomic mass is 9.94. The van der Waals surface area contributed by atoms with Crippen LogP contribution in [0.15, 0.2) is 4.42 Å². The molecule has 70 valence electrons. The van der Waals surface area contributed by atoms with Crippen LogP contribution in [0.4, 0.5) is 0 Å². The second kappa shape index (κ2) is 3.00. The Kier molecular flexibility index (Phi) is 1.96. The quantitative estimate of drug-likeness (QED) is 0.711. The van der Waals surface area contributed by atoms with Crippen LogP contribution in [0.1, 0.15) is 40.3 Å². The number of carbonyl (C=O) groups excluding carboxylic acids is 1. The van der Waals surface area contributed by atoms with Gasteiger partial charge >= 0.3 is 0 Å². The smallest absolute Gasteiger partial charge is 0.166 e. The molecule has 0 radical (unpaired) electrons. The van der Waals surface area contributed by atoms with Crippen LogP contribution in [0.3, 0.4) is 0 Å². The molecule has 1 aliphatic rings. The van der Waals surface area contributed by atoms with Crippen LogP contribution >= 0.6 is 0 Å². The van der Waals surface area contributed by atoms with E-state index in [2.05, 4.69) is 0 Å². The highest BCUT2D eigenvalue weighted by atomic mass is 16.3. The van der Waals surface area contributed by atoms with Gasteiger partial charge in [-0.2, -0.15) is 0 Å². The molecular formula is C10H13NO2. The van der Waals surface area contributed by atoms with E-state index in [1.54, 1.807) is 0 Å². The minimum atomic E-state index is 0.210. The molecule has 0 saturated heterocycles. The van der Waals surface area contributed by atoms with Crippen molar-refractivity contribution in [3.8, 4) is 0 Å². The van der Waals surface area contributed by atoms with Gasteiger partial charge in [0.1, 0.15) is 11.5 Å². The maximum absolute atomic E-state index is 11.5. The molecule has 0 amide bonds. The number of fused-ring (bicyclic) bond motifs is 1. The lowest BCUT2D eigenvalue weighted by molar-refractivity contribution is 0.0969. The fourth-order valence-electron chi connectivity index (χ4n) is 1.89. The maximum Gasteiger partial charge on any atom is 0.166 e. The first-order valence-corrected chi connectivity index (χ1v) is 4.58. The highest BCUT2D eigenvalue weighted by Gasteiger charge is 2.25. The van der Waals surface area contributed by atoms with E-state index < -0.39 is 0 Å². The van der Waals surface area contributed by atoms with Gasteiger partial charge in [0.05, 0.1) is 12.1 Å². The molecule has 1 aromatic rings. The number of hydrogen-bond donors (Lipinski definition) is 1. The molecule has 1 heterocycles. The van der Waals surface area contributed by atoms with E-state index in [1.165, 1.54) is 0 Å². The molecule has 0 saturated carbocycles. The van der Waals surface area contributed by atoms with Crippen molar-refractivity contribution in [1.29, 1.82) is 0 Å². The number of hydrogen-bond acceptors (Lipinski definition) is 3. The van der Waals surface area contributed by atoms with Crippen molar-refractivity contribution >= 4 is 5.78 Å². The van der Waals surface area contributed by atoms with Crippen molar-refractivity contribution in [2.24, 2.45) is 5.73 Å². The maximum atomic E-state index is 11.5. The van der Waals surface area contributed by atoms with Gasteiger partial charge in [-0.3, -0.25) is 4.79 Å². The fraction of sp³-hybridized carbons (Fsp3) is 0.500. The summed E-state index contributed by atoms with van der Waals surface area (Å²) in [6.07, 6.45) is 2.43. The van der Waals surface area contributed by atoms with Gasteiger partial charge in [-0.15, -0.1) is 0 Å². The summed E-state index contributed by atoms with van der Waals surface area (Å²) in [5, 5.41) is 0. The van der Waals surface area contributed by atoms with Crippen molar-refractivity contribution < 1.29 is 9.21 Å². The summed E-state index contributed by atoms with van der Waals surface area (Å²) in [6, 6.07) is 0. The molecule has 3 heteroatoms. The van der Waals surface area contributed by atoms with E-state index in [1.807, 2.05) is 6.92 Å². The summed E-state index contributed by atoms with van der Waals surface area (Å²) in [6.45, 7) is 2.29. The van der Waals surface area contributed by atoms with Gasteiger partial charge < -0.3 is 10.2 Å². The fourth-order valence-corrected chi connectivity index (χ4v) is 1.89. The highest BCUT2D eigenvalue weighted by Crippen LogP contribution is 2.28. The minimum Gasteiger partial charge on any atom is -0.464 e. The third-order valence-corrected chi connectivity index (χ3v) is 2.59. The Bertz CT molecular complexity index is 352.